The van der Waals surface area contributed by atoms with Crippen molar-refractivity contribution < 1.29 is 0 Å². The summed E-state index contributed by atoms with van der Waals surface area (Å²) in [6, 6.07) is 15.0. The molecule has 0 unspecified atom stereocenters. The second-order valence-corrected chi connectivity index (χ2v) is 5.45. The second kappa shape index (κ2) is 6.22. The summed E-state index contributed by atoms with van der Waals surface area (Å²) in [5.74, 6) is 0.285. The summed E-state index contributed by atoms with van der Waals surface area (Å²) in [5, 5.41) is 5.39. The first kappa shape index (κ1) is 14.6. The molecule has 0 spiro atoms. The third kappa shape index (κ3) is 3.13. The van der Waals surface area contributed by atoms with Gasteiger partial charge in [-0.15, -0.1) is 0 Å². The smallest absolute Gasteiger partial charge is 0.221 e. The monoisotopic (exact) mass is 330 g/mol. The van der Waals surface area contributed by atoms with Gasteiger partial charge in [0.25, 0.3) is 0 Å². The Morgan fingerprint density at radius 1 is 1.09 bits per heavy atom. The van der Waals surface area contributed by atoms with Crippen LogP contribution >= 0.6 is 23.2 Å². The maximum absolute atomic E-state index is 6.19. The molecule has 0 aliphatic carbocycles. The van der Waals surface area contributed by atoms with Crippen molar-refractivity contribution in [1.29, 1.82) is 0 Å². The highest BCUT2D eigenvalue weighted by molar-refractivity contribution is 6.36. The Balaban J connectivity index is 1.92. The first-order valence-electron chi connectivity index (χ1n) is 6.53. The Morgan fingerprint density at radius 2 is 1.86 bits per heavy atom. The Bertz CT molecular complexity index is 825. The summed E-state index contributed by atoms with van der Waals surface area (Å²) in [6.07, 6.45) is 3.44. The molecule has 4 nitrogen and oxygen atoms in total. The number of anilines is 1. The second-order valence-electron chi connectivity index (χ2n) is 4.61. The fraction of sp³-hybridized carbons (Fsp3) is 0. The van der Waals surface area contributed by atoms with Gasteiger partial charge in [-0.3, -0.25) is 0 Å². The molecule has 1 heterocycles. The van der Waals surface area contributed by atoms with Crippen molar-refractivity contribution in [3.05, 3.63) is 70.3 Å². The zero-order valence-electron chi connectivity index (χ0n) is 11.4. The molecule has 3 rings (SSSR count). The van der Waals surface area contributed by atoms with Gasteiger partial charge in [-0.2, -0.15) is 5.10 Å². The van der Waals surface area contributed by atoms with E-state index < -0.39 is 0 Å². The lowest BCUT2D eigenvalue weighted by molar-refractivity contribution is 0.898. The zero-order valence-corrected chi connectivity index (χ0v) is 13.0. The maximum atomic E-state index is 6.19. The number of aromatic nitrogens is 2. The van der Waals surface area contributed by atoms with Crippen molar-refractivity contribution in [2.24, 2.45) is 5.10 Å². The molecular weight excluding hydrogens is 319 g/mol. The van der Waals surface area contributed by atoms with Gasteiger partial charge in [0.05, 0.1) is 23.1 Å². The molecule has 22 heavy (non-hydrogen) atoms. The predicted molar refractivity (Wildman–Crippen MR) is 91.5 cm³/mol. The molecule has 0 amide bonds. The van der Waals surface area contributed by atoms with E-state index in [1.807, 2.05) is 30.3 Å². The highest BCUT2D eigenvalue weighted by Gasteiger charge is 2.10. The van der Waals surface area contributed by atoms with Crippen LogP contribution in [0, 0.1) is 0 Å². The van der Waals surface area contributed by atoms with Gasteiger partial charge >= 0.3 is 0 Å². The molecule has 110 valence electrons. The van der Waals surface area contributed by atoms with E-state index in [9.17, 15) is 0 Å². The molecule has 0 atom stereocenters. The average Bonchev–Trinajstić information content (AvgIpc) is 2.87. The van der Waals surface area contributed by atoms with Gasteiger partial charge in [-0.1, -0.05) is 53.5 Å². The minimum atomic E-state index is 0.285. The fourth-order valence-electron chi connectivity index (χ4n) is 1.97. The molecule has 0 aliphatic heterocycles. The highest BCUT2D eigenvalue weighted by atomic mass is 35.5. The number of benzene rings is 2. The van der Waals surface area contributed by atoms with Crippen LogP contribution in [0.2, 0.25) is 10.0 Å². The lowest BCUT2D eigenvalue weighted by atomic mass is 10.2. The summed E-state index contributed by atoms with van der Waals surface area (Å²) in [6.45, 7) is 0. The molecular formula is C16H12Cl2N4. The molecule has 0 radical (unpaired) electrons. The molecule has 2 N–H and O–H groups in total. The van der Waals surface area contributed by atoms with Crippen LogP contribution in [0.4, 0.5) is 5.95 Å². The van der Waals surface area contributed by atoms with E-state index in [0.717, 1.165) is 11.1 Å². The van der Waals surface area contributed by atoms with Crippen LogP contribution in [-0.2, 0) is 0 Å². The number of nitrogen functional groups attached to an aromatic ring is 1. The number of hydrogen-bond donors (Lipinski definition) is 1. The molecule has 1 aromatic heterocycles. The summed E-state index contributed by atoms with van der Waals surface area (Å²) >= 11 is 12.1. The fourth-order valence-corrected chi connectivity index (χ4v) is 2.48. The van der Waals surface area contributed by atoms with Crippen LogP contribution in [0.3, 0.4) is 0 Å². The van der Waals surface area contributed by atoms with Gasteiger partial charge in [0.15, 0.2) is 0 Å². The van der Waals surface area contributed by atoms with E-state index >= 15 is 0 Å². The van der Waals surface area contributed by atoms with E-state index in [4.69, 9.17) is 28.9 Å². The standard InChI is InChI=1S/C16H12Cl2N4/c17-12-6-7-13(14(18)8-12)15-10-22(16(19)21-15)20-9-11-4-2-1-3-5-11/h1-10H,(H2,19,21). The van der Waals surface area contributed by atoms with Gasteiger partial charge < -0.3 is 5.73 Å². The number of hydrogen-bond acceptors (Lipinski definition) is 3. The van der Waals surface area contributed by atoms with E-state index in [0.29, 0.717) is 15.7 Å². The van der Waals surface area contributed by atoms with Crippen molar-refractivity contribution in [2.75, 3.05) is 5.73 Å². The quantitative estimate of drug-likeness (QED) is 0.727. The van der Waals surface area contributed by atoms with Crippen molar-refractivity contribution in [1.82, 2.24) is 9.66 Å². The van der Waals surface area contributed by atoms with Gasteiger partial charge in [-0.25, -0.2) is 9.66 Å². The lowest BCUT2D eigenvalue weighted by Crippen LogP contribution is -1.96. The van der Waals surface area contributed by atoms with Crippen LogP contribution < -0.4 is 5.73 Å². The van der Waals surface area contributed by atoms with Gasteiger partial charge in [0.1, 0.15) is 0 Å². The molecule has 3 aromatic rings. The zero-order chi connectivity index (χ0) is 15.5. The molecule has 0 saturated heterocycles. The summed E-state index contributed by atoms with van der Waals surface area (Å²) in [4.78, 5) is 4.28. The third-order valence-corrected chi connectivity index (χ3v) is 3.60. The Kier molecular flexibility index (Phi) is 4.13. The van der Waals surface area contributed by atoms with Crippen molar-refractivity contribution in [2.45, 2.75) is 0 Å². The van der Waals surface area contributed by atoms with E-state index in [-0.39, 0.29) is 5.95 Å². The molecule has 2 aromatic carbocycles. The maximum Gasteiger partial charge on any atom is 0.221 e. The van der Waals surface area contributed by atoms with Gasteiger partial charge in [0, 0.05) is 10.6 Å². The third-order valence-electron chi connectivity index (χ3n) is 3.05. The van der Waals surface area contributed by atoms with Crippen LogP contribution in [0.5, 0.6) is 0 Å². The first-order valence-corrected chi connectivity index (χ1v) is 7.29. The Morgan fingerprint density at radius 3 is 2.59 bits per heavy atom. The number of rotatable bonds is 3. The molecule has 6 heteroatoms. The van der Waals surface area contributed by atoms with Crippen molar-refractivity contribution in [3.8, 4) is 11.3 Å². The summed E-state index contributed by atoms with van der Waals surface area (Å²) in [7, 11) is 0. The van der Waals surface area contributed by atoms with E-state index in [1.165, 1.54) is 4.68 Å². The normalized spacial score (nSPS) is 11.2. The van der Waals surface area contributed by atoms with Crippen LogP contribution in [0.15, 0.2) is 59.8 Å². The lowest BCUT2D eigenvalue weighted by Gasteiger charge is -2.00. The number of nitrogens with zero attached hydrogens (tertiary/aromatic N) is 3. The Hall–Kier alpha value is -2.30. The molecule has 0 aliphatic rings. The van der Waals surface area contributed by atoms with Crippen LogP contribution in [0.25, 0.3) is 11.3 Å². The average molecular weight is 331 g/mol. The van der Waals surface area contributed by atoms with Crippen LogP contribution in [0.1, 0.15) is 5.56 Å². The topological polar surface area (TPSA) is 56.2 Å². The van der Waals surface area contributed by atoms with Crippen LogP contribution in [-0.4, -0.2) is 15.9 Å². The summed E-state index contributed by atoms with van der Waals surface area (Å²) in [5.41, 5.74) is 8.26. The molecule has 0 saturated carbocycles. The van der Waals surface area contributed by atoms with E-state index in [2.05, 4.69) is 10.1 Å². The highest BCUT2D eigenvalue weighted by Crippen LogP contribution is 2.30. The minimum absolute atomic E-state index is 0.285. The number of nitrogens with two attached hydrogens (primary N) is 1. The minimum Gasteiger partial charge on any atom is -0.368 e. The SMILES string of the molecule is Nc1nc(-c2ccc(Cl)cc2Cl)cn1N=Cc1ccccc1. The van der Waals surface area contributed by atoms with Crippen molar-refractivity contribution >= 4 is 35.4 Å². The largest absolute Gasteiger partial charge is 0.368 e. The van der Waals surface area contributed by atoms with E-state index in [1.54, 1.807) is 30.6 Å². The number of halogens is 2. The first-order chi connectivity index (χ1) is 10.6. The van der Waals surface area contributed by atoms with Crippen molar-refractivity contribution in [3.63, 3.8) is 0 Å². The molecule has 0 bridgehead atoms. The van der Waals surface area contributed by atoms with Gasteiger partial charge in [-0.05, 0) is 23.8 Å². The summed E-state index contributed by atoms with van der Waals surface area (Å²) < 4.78 is 1.51. The number of imidazole rings is 1. The Labute approximate surface area is 137 Å². The molecule has 0 fully saturated rings. The predicted octanol–water partition coefficient (Wildman–Crippen LogP) is 4.32. The van der Waals surface area contributed by atoms with Gasteiger partial charge in [0.2, 0.25) is 5.95 Å².